The van der Waals surface area contributed by atoms with Gasteiger partial charge in [0.1, 0.15) is 34.4 Å². The molecule has 2 aliphatic rings. The molecule has 35 heavy (non-hydrogen) atoms. The summed E-state index contributed by atoms with van der Waals surface area (Å²) in [6.07, 6.45) is 0. The minimum absolute atomic E-state index is 0.0438. The van der Waals surface area contributed by atoms with Gasteiger partial charge >= 0.3 is 0 Å². The van der Waals surface area contributed by atoms with Gasteiger partial charge in [-0.15, -0.1) is 4.91 Å². The minimum atomic E-state index is -0.377. The molecule has 4 aromatic carbocycles. The third-order valence-electron chi connectivity index (χ3n) is 7.41. The smallest absolute Gasteiger partial charge is 0.123 e. The Morgan fingerprint density at radius 3 is 1.40 bits per heavy atom. The summed E-state index contributed by atoms with van der Waals surface area (Å²) in [5, 5.41) is 55.6. The molecule has 0 bridgehead atoms. The van der Waals surface area contributed by atoms with Crippen LogP contribution < -0.4 is 0 Å². The molecule has 7 heteroatoms. The van der Waals surface area contributed by atoms with Crippen LogP contribution in [0.1, 0.15) is 57.1 Å². The molecule has 7 nitrogen and oxygen atoms in total. The first-order chi connectivity index (χ1) is 16.9. The molecule has 4 aromatic rings. The van der Waals surface area contributed by atoms with Crippen LogP contribution in [0.3, 0.4) is 0 Å². The molecular formula is C28H21NO6. The van der Waals surface area contributed by atoms with E-state index in [-0.39, 0.29) is 58.1 Å². The van der Waals surface area contributed by atoms with Gasteiger partial charge in [-0.25, -0.2) is 0 Å². The lowest BCUT2D eigenvalue weighted by molar-refractivity contribution is 0.443. The van der Waals surface area contributed by atoms with Crippen molar-refractivity contribution in [2.24, 2.45) is 5.18 Å². The molecule has 4 atom stereocenters. The van der Waals surface area contributed by atoms with Gasteiger partial charge in [-0.3, -0.25) is 0 Å². The van der Waals surface area contributed by atoms with E-state index in [9.17, 15) is 30.4 Å². The number of hydrogen-bond donors (Lipinski definition) is 5. The monoisotopic (exact) mass is 467 g/mol. The fourth-order valence-corrected chi connectivity index (χ4v) is 6.21. The molecule has 0 saturated heterocycles. The van der Waals surface area contributed by atoms with E-state index in [2.05, 4.69) is 5.18 Å². The lowest BCUT2D eigenvalue weighted by atomic mass is 9.79. The Kier molecular flexibility index (Phi) is 4.51. The topological polar surface area (TPSA) is 131 Å². The average molecular weight is 467 g/mol. The fourth-order valence-electron chi connectivity index (χ4n) is 6.21. The summed E-state index contributed by atoms with van der Waals surface area (Å²) in [5.74, 6) is -1.45. The van der Waals surface area contributed by atoms with E-state index in [1.54, 1.807) is 60.7 Å². The van der Waals surface area contributed by atoms with Gasteiger partial charge in [-0.2, -0.15) is 0 Å². The third-order valence-corrected chi connectivity index (χ3v) is 7.41. The van der Waals surface area contributed by atoms with Crippen LogP contribution in [-0.4, -0.2) is 25.5 Å². The third kappa shape index (κ3) is 3.05. The Hall–Kier alpha value is -4.52. The highest BCUT2D eigenvalue weighted by Gasteiger charge is 2.54. The normalized spacial score (nSPS) is 21.8. The Morgan fingerprint density at radius 1 is 0.543 bits per heavy atom. The first kappa shape index (κ1) is 21.0. The highest BCUT2D eigenvalue weighted by Crippen LogP contribution is 2.69. The van der Waals surface area contributed by atoms with Gasteiger partial charge in [-0.05, 0) is 63.8 Å². The summed E-state index contributed by atoms with van der Waals surface area (Å²) in [6.45, 7) is 0. The second kappa shape index (κ2) is 7.50. The van der Waals surface area contributed by atoms with Crippen LogP contribution in [-0.2, 0) is 0 Å². The fraction of sp³-hybridized carbons (Fsp3) is 0.143. The highest BCUT2D eigenvalue weighted by atomic mass is 16.3. The van der Waals surface area contributed by atoms with Crippen LogP contribution >= 0.6 is 0 Å². The highest BCUT2D eigenvalue weighted by molar-refractivity contribution is 5.68. The number of rotatable bonds is 3. The van der Waals surface area contributed by atoms with Gasteiger partial charge in [0.15, 0.2) is 0 Å². The molecule has 0 radical (unpaired) electrons. The van der Waals surface area contributed by atoms with Gasteiger partial charge in [0.2, 0.25) is 0 Å². The maximum Gasteiger partial charge on any atom is 0.123 e. The van der Waals surface area contributed by atoms with Gasteiger partial charge in [-0.1, -0.05) is 24.3 Å². The maximum atomic E-state index is 11.0. The quantitative estimate of drug-likeness (QED) is 0.243. The predicted molar refractivity (Wildman–Crippen MR) is 129 cm³/mol. The van der Waals surface area contributed by atoms with Gasteiger partial charge < -0.3 is 25.5 Å². The molecule has 0 unspecified atom stereocenters. The molecule has 0 heterocycles. The number of fused-ring (bicyclic) bond motifs is 5. The molecular weight excluding hydrogens is 446 g/mol. The molecule has 0 spiro atoms. The van der Waals surface area contributed by atoms with Crippen LogP contribution in [0.4, 0.5) is 5.69 Å². The summed E-state index contributed by atoms with van der Waals surface area (Å²) in [5.41, 5.74) is 4.74. The molecule has 5 N–H and O–H groups in total. The summed E-state index contributed by atoms with van der Waals surface area (Å²) >= 11 is 0. The lowest BCUT2D eigenvalue weighted by Crippen LogP contribution is -2.10. The van der Waals surface area contributed by atoms with Crippen LogP contribution in [0.2, 0.25) is 0 Å². The van der Waals surface area contributed by atoms with Crippen LogP contribution in [0.15, 0.2) is 78.0 Å². The standard InChI is InChI=1S/C28H21NO6/c30-16-7-3-14(4-8-16)24-26-20(10-18(32)12-22(26)34)27-23(13-1-5-15(29-35)6-2-13)25-19(28(24)27)9-17(31)11-21(25)33/h1-12,23-24,27-28,30-34H/t23-,24-,27+,28+/m1/s1. The van der Waals surface area contributed by atoms with Crippen molar-refractivity contribution < 1.29 is 25.5 Å². The second-order valence-corrected chi connectivity index (χ2v) is 9.22. The largest absolute Gasteiger partial charge is 0.508 e. The summed E-state index contributed by atoms with van der Waals surface area (Å²) in [7, 11) is 0. The Labute approximate surface area is 200 Å². The molecule has 0 saturated carbocycles. The Balaban J connectivity index is 1.66. The van der Waals surface area contributed by atoms with Crippen molar-refractivity contribution in [2.75, 3.05) is 0 Å². The number of benzene rings is 4. The summed E-state index contributed by atoms with van der Waals surface area (Å²) in [6, 6.07) is 19.5. The lowest BCUT2D eigenvalue weighted by Gasteiger charge is -2.23. The molecule has 0 aromatic heterocycles. The first-order valence-corrected chi connectivity index (χ1v) is 11.2. The van der Waals surface area contributed by atoms with Crippen molar-refractivity contribution in [1.82, 2.24) is 0 Å². The number of phenolic OH excluding ortho intramolecular Hbond substituents is 5. The molecule has 0 amide bonds. The van der Waals surface area contributed by atoms with E-state index in [0.29, 0.717) is 11.1 Å². The van der Waals surface area contributed by atoms with Crippen molar-refractivity contribution in [3.63, 3.8) is 0 Å². The van der Waals surface area contributed by atoms with Gasteiger partial charge in [0.05, 0.1) is 0 Å². The van der Waals surface area contributed by atoms with Gasteiger partial charge in [0, 0.05) is 46.9 Å². The number of nitroso groups, excluding NO2 is 1. The molecule has 0 fully saturated rings. The minimum Gasteiger partial charge on any atom is -0.508 e. The van der Waals surface area contributed by atoms with Crippen molar-refractivity contribution in [2.45, 2.75) is 23.7 Å². The van der Waals surface area contributed by atoms with Crippen molar-refractivity contribution in [1.29, 1.82) is 0 Å². The SMILES string of the molecule is O=Nc1ccc([C@@H]2c3c(O)cc(O)cc3[C@H]3[C@H](c4ccc(O)cc4)c4c(O)cc(O)cc4[C@@H]23)cc1. The van der Waals surface area contributed by atoms with Crippen molar-refractivity contribution in [3.8, 4) is 28.7 Å². The number of hydrogen-bond acceptors (Lipinski definition) is 7. The van der Waals surface area contributed by atoms with Gasteiger partial charge in [0.25, 0.3) is 0 Å². The maximum absolute atomic E-state index is 11.0. The van der Waals surface area contributed by atoms with E-state index in [4.69, 9.17) is 0 Å². The van der Waals surface area contributed by atoms with E-state index >= 15 is 0 Å². The van der Waals surface area contributed by atoms with Crippen LogP contribution in [0.5, 0.6) is 28.7 Å². The summed E-state index contributed by atoms with van der Waals surface area (Å²) < 4.78 is 0. The second-order valence-electron chi connectivity index (χ2n) is 9.22. The van der Waals surface area contributed by atoms with Crippen molar-refractivity contribution in [3.05, 3.63) is 111 Å². The van der Waals surface area contributed by atoms with E-state index in [0.717, 1.165) is 22.3 Å². The summed E-state index contributed by atoms with van der Waals surface area (Å²) in [4.78, 5) is 11.0. The van der Waals surface area contributed by atoms with E-state index < -0.39 is 0 Å². The predicted octanol–water partition coefficient (Wildman–Crippen LogP) is 5.77. The number of aromatic hydroxyl groups is 5. The zero-order valence-corrected chi connectivity index (χ0v) is 18.3. The molecule has 0 aliphatic heterocycles. The molecule has 174 valence electrons. The molecule has 2 aliphatic carbocycles. The average Bonchev–Trinajstić information content (AvgIpc) is 3.33. The Bertz CT molecular complexity index is 1480. The van der Waals surface area contributed by atoms with Crippen LogP contribution in [0.25, 0.3) is 0 Å². The number of nitrogens with zero attached hydrogens (tertiary/aromatic N) is 1. The van der Waals surface area contributed by atoms with E-state index in [1.807, 2.05) is 0 Å². The van der Waals surface area contributed by atoms with E-state index in [1.165, 1.54) is 12.1 Å². The molecule has 6 rings (SSSR count). The van der Waals surface area contributed by atoms with Crippen molar-refractivity contribution >= 4 is 5.69 Å². The number of phenols is 5. The Morgan fingerprint density at radius 2 is 0.971 bits per heavy atom. The zero-order chi connectivity index (χ0) is 24.4. The first-order valence-electron chi connectivity index (χ1n) is 11.2. The zero-order valence-electron chi connectivity index (χ0n) is 18.3. The van der Waals surface area contributed by atoms with Crippen LogP contribution in [0, 0.1) is 4.91 Å².